The highest BCUT2D eigenvalue weighted by molar-refractivity contribution is 5.82. The number of rotatable bonds is 7. The topological polar surface area (TPSA) is 126 Å². The van der Waals surface area contributed by atoms with Crippen LogP contribution in [0.5, 0.6) is 0 Å². The number of aliphatic hydroxyl groups excluding tert-OH is 3. The molecule has 9 nitrogen and oxygen atoms in total. The van der Waals surface area contributed by atoms with Gasteiger partial charge in [0, 0.05) is 12.5 Å². The Hall–Kier alpha value is -2.59. The average molecular weight is 399 g/mol. The zero-order chi connectivity index (χ0) is 20.4. The molecule has 154 valence electrons. The van der Waals surface area contributed by atoms with Crippen molar-refractivity contribution in [1.82, 2.24) is 19.5 Å². The minimum absolute atomic E-state index is 0.323. The molecule has 29 heavy (non-hydrogen) atoms. The van der Waals surface area contributed by atoms with Crippen molar-refractivity contribution < 1.29 is 20.1 Å². The van der Waals surface area contributed by atoms with Crippen LogP contribution in [0.3, 0.4) is 0 Å². The van der Waals surface area contributed by atoms with Gasteiger partial charge in [-0.25, -0.2) is 15.0 Å². The normalized spacial score (nSPS) is 25.4. The Morgan fingerprint density at radius 2 is 1.93 bits per heavy atom. The first-order valence-electron chi connectivity index (χ1n) is 9.72. The predicted octanol–water partition coefficient (Wildman–Crippen LogP) is 1.04. The van der Waals surface area contributed by atoms with Gasteiger partial charge in [0.25, 0.3) is 0 Å². The van der Waals surface area contributed by atoms with Gasteiger partial charge in [0.15, 0.2) is 23.2 Å². The maximum atomic E-state index is 10.3. The van der Waals surface area contributed by atoms with Crippen LogP contribution in [0.1, 0.15) is 31.1 Å². The standard InChI is InChI=1S/C20H25N5O4/c1-2-12(13-6-4-3-5-7-13)8-21-18-15-19(23-10-22-18)25(11-24-15)20-17(28)16(27)14(9-26)29-20/h3-7,10-12,14,16-17,20,26-28H,2,8-9H2,1H3,(H,21,22,23)/t12?,14-,16-,17-,20?/m1/s1. The summed E-state index contributed by atoms with van der Waals surface area (Å²) in [5.74, 6) is 0.915. The van der Waals surface area contributed by atoms with E-state index in [0.717, 1.165) is 6.42 Å². The van der Waals surface area contributed by atoms with Crippen LogP contribution in [0.15, 0.2) is 43.0 Å². The highest BCUT2D eigenvalue weighted by atomic mass is 16.6. The fraction of sp³-hybridized carbons (Fsp3) is 0.450. The minimum atomic E-state index is -1.20. The van der Waals surface area contributed by atoms with Crippen molar-refractivity contribution in [2.24, 2.45) is 0 Å². The first-order chi connectivity index (χ1) is 14.1. The van der Waals surface area contributed by atoms with Crippen LogP contribution in [0.25, 0.3) is 11.2 Å². The molecule has 1 aromatic carbocycles. The van der Waals surface area contributed by atoms with Gasteiger partial charge in [-0.2, -0.15) is 0 Å². The lowest BCUT2D eigenvalue weighted by molar-refractivity contribution is -0.0511. The van der Waals surface area contributed by atoms with Gasteiger partial charge in [0.1, 0.15) is 24.6 Å². The zero-order valence-corrected chi connectivity index (χ0v) is 16.1. The second-order valence-corrected chi connectivity index (χ2v) is 7.17. The van der Waals surface area contributed by atoms with Crippen molar-refractivity contribution in [2.45, 2.75) is 43.8 Å². The van der Waals surface area contributed by atoms with Crippen LogP contribution >= 0.6 is 0 Å². The molecule has 1 saturated heterocycles. The molecule has 3 heterocycles. The van der Waals surface area contributed by atoms with Crippen molar-refractivity contribution in [3.05, 3.63) is 48.5 Å². The molecular formula is C20H25N5O4. The van der Waals surface area contributed by atoms with E-state index in [1.54, 1.807) is 4.57 Å². The smallest absolute Gasteiger partial charge is 0.167 e. The number of fused-ring (bicyclic) bond motifs is 1. The van der Waals surface area contributed by atoms with Gasteiger partial charge in [-0.1, -0.05) is 37.3 Å². The Morgan fingerprint density at radius 3 is 2.62 bits per heavy atom. The van der Waals surface area contributed by atoms with Crippen LogP contribution in [-0.2, 0) is 4.74 Å². The molecule has 9 heteroatoms. The summed E-state index contributed by atoms with van der Waals surface area (Å²) in [5.41, 5.74) is 2.28. The molecule has 1 aliphatic heterocycles. The Balaban J connectivity index is 1.57. The molecule has 1 aliphatic rings. The first kappa shape index (κ1) is 19.7. The monoisotopic (exact) mass is 399 g/mol. The molecule has 4 N–H and O–H groups in total. The summed E-state index contributed by atoms with van der Waals surface area (Å²) in [5, 5.41) is 33.0. The van der Waals surface area contributed by atoms with Crippen molar-refractivity contribution in [3.8, 4) is 0 Å². The summed E-state index contributed by atoms with van der Waals surface area (Å²) in [7, 11) is 0. The van der Waals surface area contributed by atoms with Crippen LogP contribution in [0, 0.1) is 0 Å². The second-order valence-electron chi connectivity index (χ2n) is 7.17. The number of hydrogen-bond donors (Lipinski definition) is 4. The maximum absolute atomic E-state index is 10.3. The lowest BCUT2D eigenvalue weighted by atomic mass is 9.96. The summed E-state index contributed by atoms with van der Waals surface area (Å²) in [4.78, 5) is 13.0. The third kappa shape index (κ3) is 3.69. The van der Waals surface area contributed by atoms with E-state index < -0.39 is 24.5 Å². The number of aliphatic hydroxyl groups is 3. The largest absolute Gasteiger partial charge is 0.394 e. The van der Waals surface area contributed by atoms with Crippen LogP contribution < -0.4 is 5.32 Å². The number of nitrogens with zero attached hydrogens (tertiary/aromatic N) is 4. The number of anilines is 1. The third-order valence-electron chi connectivity index (χ3n) is 5.43. The summed E-state index contributed by atoms with van der Waals surface area (Å²) in [6, 6.07) is 10.3. The molecule has 4 rings (SSSR count). The van der Waals surface area contributed by atoms with Gasteiger partial charge in [0.05, 0.1) is 12.9 Å². The molecule has 0 amide bonds. The highest BCUT2D eigenvalue weighted by Crippen LogP contribution is 2.32. The van der Waals surface area contributed by atoms with Gasteiger partial charge in [-0.3, -0.25) is 4.57 Å². The zero-order valence-electron chi connectivity index (χ0n) is 16.1. The van der Waals surface area contributed by atoms with E-state index in [9.17, 15) is 15.3 Å². The Labute approximate surface area is 168 Å². The average Bonchev–Trinajstić information content (AvgIpc) is 3.31. The summed E-state index contributed by atoms with van der Waals surface area (Å²) >= 11 is 0. The van der Waals surface area contributed by atoms with Gasteiger partial charge < -0.3 is 25.4 Å². The molecule has 0 bridgehead atoms. The van der Waals surface area contributed by atoms with E-state index in [2.05, 4.69) is 39.3 Å². The summed E-state index contributed by atoms with van der Waals surface area (Å²) in [6.07, 6.45) is -0.225. The molecule has 0 saturated carbocycles. The highest BCUT2D eigenvalue weighted by Gasteiger charge is 2.44. The molecule has 0 spiro atoms. The van der Waals surface area contributed by atoms with E-state index in [-0.39, 0.29) is 6.61 Å². The van der Waals surface area contributed by atoms with Gasteiger partial charge in [-0.05, 0) is 12.0 Å². The lowest BCUT2D eigenvalue weighted by Crippen LogP contribution is -2.33. The Kier molecular flexibility index (Phi) is 5.72. The van der Waals surface area contributed by atoms with E-state index in [4.69, 9.17) is 4.74 Å². The van der Waals surface area contributed by atoms with Crippen molar-refractivity contribution >= 4 is 17.0 Å². The molecule has 0 radical (unpaired) electrons. The maximum Gasteiger partial charge on any atom is 0.167 e. The fourth-order valence-corrected chi connectivity index (χ4v) is 3.72. The molecular weight excluding hydrogens is 374 g/mol. The van der Waals surface area contributed by atoms with Gasteiger partial charge >= 0.3 is 0 Å². The SMILES string of the molecule is CCC(CNc1ncnc2c1ncn2C1O[C@H](CO)[C@@H](O)[C@H]1O)c1ccccc1. The minimum Gasteiger partial charge on any atom is -0.394 e. The second kappa shape index (κ2) is 8.42. The van der Waals surface area contributed by atoms with Gasteiger partial charge in [0.2, 0.25) is 0 Å². The molecule has 5 atom stereocenters. The molecule has 2 aromatic heterocycles. The molecule has 2 unspecified atom stereocenters. The quantitative estimate of drug-likeness (QED) is 0.464. The summed E-state index contributed by atoms with van der Waals surface area (Å²) < 4.78 is 7.15. The first-order valence-corrected chi connectivity index (χ1v) is 9.72. The van der Waals surface area contributed by atoms with E-state index in [0.29, 0.717) is 29.4 Å². The van der Waals surface area contributed by atoms with Crippen LogP contribution in [-0.4, -0.2) is 66.3 Å². The number of imidazole rings is 1. The van der Waals surface area contributed by atoms with E-state index in [1.807, 2.05) is 18.2 Å². The Morgan fingerprint density at radius 1 is 1.14 bits per heavy atom. The van der Waals surface area contributed by atoms with Crippen LogP contribution in [0.4, 0.5) is 5.82 Å². The Bertz CT molecular complexity index is 950. The van der Waals surface area contributed by atoms with E-state index >= 15 is 0 Å². The van der Waals surface area contributed by atoms with Gasteiger partial charge in [-0.15, -0.1) is 0 Å². The molecule has 1 fully saturated rings. The van der Waals surface area contributed by atoms with E-state index in [1.165, 1.54) is 18.2 Å². The molecule has 3 aromatic rings. The number of ether oxygens (including phenoxy) is 1. The lowest BCUT2D eigenvalue weighted by Gasteiger charge is -2.17. The van der Waals surface area contributed by atoms with Crippen molar-refractivity contribution in [2.75, 3.05) is 18.5 Å². The number of nitrogens with one attached hydrogen (secondary N) is 1. The number of benzene rings is 1. The van der Waals surface area contributed by atoms with Crippen LogP contribution in [0.2, 0.25) is 0 Å². The number of aromatic nitrogens is 4. The fourth-order valence-electron chi connectivity index (χ4n) is 3.72. The number of hydrogen-bond acceptors (Lipinski definition) is 8. The van der Waals surface area contributed by atoms with Crippen molar-refractivity contribution in [3.63, 3.8) is 0 Å². The molecule has 0 aliphatic carbocycles. The summed E-state index contributed by atoms with van der Waals surface area (Å²) in [6.45, 7) is 2.44. The third-order valence-corrected chi connectivity index (χ3v) is 5.43. The predicted molar refractivity (Wildman–Crippen MR) is 106 cm³/mol. The van der Waals surface area contributed by atoms with Crippen molar-refractivity contribution in [1.29, 1.82) is 0 Å².